The van der Waals surface area contributed by atoms with Crippen molar-refractivity contribution in [2.45, 2.75) is 6.04 Å². The first-order chi connectivity index (χ1) is 10.1. The Hall–Kier alpha value is -1.59. The first-order valence-electron chi connectivity index (χ1n) is 6.44. The highest BCUT2D eigenvalue weighted by atomic mass is 79.9. The van der Waals surface area contributed by atoms with E-state index in [1.165, 1.54) is 6.07 Å². The molecule has 112 valence electrons. The predicted molar refractivity (Wildman–Crippen MR) is 84.5 cm³/mol. The summed E-state index contributed by atoms with van der Waals surface area (Å²) in [6.07, 6.45) is 0. The topological polar surface area (TPSA) is 30.5 Å². The molecule has 1 atom stereocenters. The third-order valence-electron chi connectivity index (χ3n) is 3.27. The smallest absolute Gasteiger partial charge is 0.137 e. The molecular weight excluding hydrogens is 337 g/mol. The van der Waals surface area contributed by atoms with Crippen LogP contribution in [0.1, 0.15) is 17.2 Å². The minimum absolute atomic E-state index is 0.156. The van der Waals surface area contributed by atoms with Crippen LogP contribution in [0, 0.1) is 5.82 Å². The first kappa shape index (κ1) is 15.8. The van der Waals surface area contributed by atoms with Crippen molar-refractivity contribution in [3.8, 4) is 11.5 Å². The molecule has 2 aromatic carbocycles. The van der Waals surface area contributed by atoms with Crippen LogP contribution in [0.3, 0.4) is 0 Å². The molecule has 0 saturated heterocycles. The van der Waals surface area contributed by atoms with Gasteiger partial charge in [0.15, 0.2) is 0 Å². The van der Waals surface area contributed by atoms with Crippen molar-refractivity contribution in [3.63, 3.8) is 0 Å². The van der Waals surface area contributed by atoms with Gasteiger partial charge >= 0.3 is 0 Å². The van der Waals surface area contributed by atoms with Crippen molar-refractivity contribution in [2.75, 3.05) is 21.3 Å². The highest BCUT2D eigenvalue weighted by Crippen LogP contribution is 2.31. The van der Waals surface area contributed by atoms with Gasteiger partial charge in [0.05, 0.1) is 24.7 Å². The minimum atomic E-state index is -0.289. The second kappa shape index (κ2) is 6.91. The summed E-state index contributed by atoms with van der Waals surface area (Å²) in [6, 6.07) is 10.5. The molecule has 0 spiro atoms. The number of nitrogens with one attached hydrogen (secondary N) is 1. The maximum atomic E-state index is 13.8. The third-order valence-corrected chi connectivity index (χ3v) is 3.92. The molecule has 0 aliphatic carbocycles. The van der Waals surface area contributed by atoms with Gasteiger partial charge in [0.1, 0.15) is 17.3 Å². The highest BCUT2D eigenvalue weighted by Gasteiger charge is 2.16. The Morgan fingerprint density at radius 3 is 2.10 bits per heavy atom. The van der Waals surface area contributed by atoms with Gasteiger partial charge in [0, 0.05) is 6.07 Å². The van der Waals surface area contributed by atoms with Crippen LogP contribution in [-0.2, 0) is 0 Å². The molecule has 21 heavy (non-hydrogen) atoms. The van der Waals surface area contributed by atoms with Gasteiger partial charge in [-0.2, -0.15) is 0 Å². The van der Waals surface area contributed by atoms with Crippen molar-refractivity contribution in [1.82, 2.24) is 5.32 Å². The van der Waals surface area contributed by atoms with E-state index in [0.29, 0.717) is 16.0 Å². The molecule has 1 N–H and O–H groups in total. The Morgan fingerprint density at radius 1 is 1.00 bits per heavy atom. The molecule has 0 bridgehead atoms. The average Bonchev–Trinajstić information content (AvgIpc) is 2.51. The summed E-state index contributed by atoms with van der Waals surface area (Å²) in [6.45, 7) is 0. The number of benzene rings is 2. The first-order valence-corrected chi connectivity index (χ1v) is 7.23. The summed E-state index contributed by atoms with van der Waals surface area (Å²) in [5.74, 6) is 1.10. The average molecular weight is 354 g/mol. The maximum absolute atomic E-state index is 13.8. The SMILES string of the molecule is CNC(c1cc(OC)cc(OC)c1)c1ccc(Br)c(F)c1. The Kier molecular flexibility index (Phi) is 5.20. The fraction of sp³-hybridized carbons (Fsp3) is 0.250. The maximum Gasteiger partial charge on any atom is 0.137 e. The summed E-state index contributed by atoms with van der Waals surface area (Å²) in [7, 11) is 5.04. The summed E-state index contributed by atoms with van der Waals surface area (Å²) in [4.78, 5) is 0. The largest absolute Gasteiger partial charge is 0.497 e. The quantitative estimate of drug-likeness (QED) is 0.883. The van der Waals surface area contributed by atoms with Gasteiger partial charge < -0.3 is 14.8 Å². The number of rotatable bonds is 5. The number of halogens is 2. The van der Waals surface area contributed by atoms with Crippen LogP contribution in [0.4, 0.5) is 4.39 Å². The van der Waals surface area contributed by atoms with E-state index >= 15 is 0 Å². The van der Waals surface area contributed by atoms with Crippen LogP contribution in [0.5, 0.6) is 11.5 Å². The van der Waals surface area contributed by atoms with Gasteiger partial charge in [0.25, 0.3) is 0 Å². The Morgan fingerprint density at radius 2 is 1.62 bits per heavy atom. The molecular formula is C16H17BrFNO2. The van der Waals surface area contributed by atoms with E-state index in [4.69, 9.17) is 9.47 Å². The summed E-state index contributed by atoms with van der Waals surface area (Å²) < 4.78 is 24.8. The zero-order valence-electron chi connectivity index (χ0n) is 12.1. The zero-order chi connectivity index (χ0) is 15.4. The van der Waals surface area contributed by atoms with E-state index in [0.717, 1.165) is 11.1 Å². The third kappa shape index (κ3) is 3.54. The van der Waals surface area contributed by atoms with Crippen molar-refractivity contribution in [3.05, 3.63) is 57.8 Å². The number of methoxy groups -OCH3 is 2. The van der Waals surface area contributed by atoms with E-state index in [-0.39, 0.29) is 11.9 Å². The molecule has 0 saturated carbocycles. The summed E-state index contributed by atoms with van der Waals surface area (Å²) >= 11 is 3.17. The van der Waals surface area contributed by atoms with Crippen LogP contribution in [0.25, 0.3) is 0 Å². The Bertz CT molecular complexity index is 611. The minimum Gasteiger partial charge on any atom is -0.497 e. The molecule has 0 aliphatic rings. The number of hydrogen-bond donors (Lipinski definition) is 1. The molecule has 3 nitrogen and oxygen atoms in total. The molecule has 2 aromatic rings. The van der Waals surface area contributed by atoms with Gasteiger partial charge in [-0.25, -0.2) is 4.39 Å². The van der Waals surface area contributed by atoms with E-state index in [1.54, 1.807) is 26.4 Å². The van der Waals surface area contributed by atoms with Crippen LogP contribution in [0.15, 0.2) is 40.9 Å². The van der Waals surface area contributed by atoms with Crippen LogP contribution < -0.4 is 14.8 Å². The van der Waals surface area contributed by atoms with Gasteiger partial charge in [-0.1, -0.05) is 6.07 Å². The van der Waals surface area contributed by atoms with E-state index in [2.05, 4.69) is 21.2 Å². The summed E-state index contributed by atoms with van der Waals surface area (Å²) in [5, 5.41) is 3.19. The second-order valence-corrected chi connectivity index (χ2v) is 5.40. The molecule has 0 aliphatic heterocycles. The monoisotopic (exact) mass is 353 g/mol. The molecule has 0 amide bonds. The van der Waals surface area contributed by atoms with E-state index in [9.17, 15) is 4.39 Å². The van der Waals surface area contributed by atoms with Crippen molar-refractivity contribution >= 4 is 15.9 Å². The second-order valence-electron chi connectivity index (χ2n) is 4.54. The molecule has 0 aromatic heterocycles. The van der Waals surface area contributed by atoms with Crippen LogP contribution >= 0.6 is 15.9 Å². The van der Waals surface area contributed by atoms with Crippen molar-refractivity contribution < 1.29 is 13.9 Å². The number of ether oxygens (including phenoxy) is 2. The summed E-state index contributed by atoms with van der Waals surface area (Å²) in [5.41, 5.74) is 1.77. The lowest BCUT2D eigenvalue weighted by Crippen LogP contribution is -2.18. The predicted octanol–water partition coefficient (Wildman–Crippen LogP) is 3.91. The van der Waals surface area contributed by atoms with E-state index < -0.39 is 0 Å². The lowest BCUT2D eigenvalue weighted by atomic mass is 9.98. The van der Waals surface area contributed by atoms with Crippen molar-refractivity contribution in [1.29, 1.82) is 0 Å². The van der Waals surface area contributed by atoms with Gasteiger partial charge in [-0.05, 0) is 58.4 Å². The Labute approximate surface area is 132 Å². The van der Waals surface area contributed by atoms with Crippen LogP contribution in [-0.4, -0.2) is 21.3 Å². The normalized spacial score (nSPS) is 12.0. The van der Waals surface area contributed by atoms with Gasteiger partial charge in [-0.3, -0.25) is 0 Å². The fourth-order valence-electron chi connectivity index (χ4n) is 2.21. The van der Waals surface area contributed by atoms with Gasteiger partial charge in [-0.15, -0.1) is 0 Å². The van der Waals surface area contributed by atoms with Crippen LogP contribution in [0.2, 0.25) is 0 Å². The Balaban J connectivity index is 2.47. The highest BCUT2D eigenvalue weighted by molar-refractivity contribution is 9.10. The number of hydrogen-bond acceptors (Lipinski definition) is 3. The molecule has 0 fully saturated rings. The molecule has 5 heteroatoms. The standard InChI is InChI=1S/C16H17BrFNO2/c1-19-16(10-4-5-14(17)15(18)8-10)11-6-12(20-2)9-13(7-11)21-3/h4-9,16,19H,1-3H3. The lowest BCUT2D eigenvalue weighted by Gasteiger charge is -2.19. The molecule has 2 rings (SSSR count). The van der Waals surface area contributed by atoms with E-state index in [1.807, 2.05) is 25.2 Å². The van der Waals surface area contributed by atoms with Crippen molar-refractivity contribution in [2.24, 2.45) is 0 Å². The molecule has 1 unspecified atom stereocenters. The van der Waals surface area contributed by atoms with Gasteiger partial charge in [0.2, 0.25) is 0 Å². The zero-order valence-corrected chi connectivity index (χ0v) is 13.7. The lowest BCUT2D eigenvalue weighted by molar-refractivity contribution is 0.392. The molecule has 0 radical (unpaired) electrons. The fourth-order valence-corrected chi connectivity index (χ4v) is 2.46. The molecule has 0 heterocycles.